The van der Waals surface area contributed by atoms with Crippen molar-refractivity contribution in [2.45, 2.75) is 13.3 Å². The Bertz CT molecular complexity index is 225. The Kier molecular flexibility index (Phi) is 5.25. The van der Waals surface area contributed by atoms with Crippen molar-refractivity contribution in [1.82, 2.24) is 10.6 Å². The third-order valence-corrected chi connectivity index (χ3v) is 1.29. The van der Waals surface area contributed by atoms with Crippen LogP contribution in [0.5, 0.6) is 0 Å². The molecule has 74 valence electrons. The molecule has 0 fully saturated rings. The standard InChI is InChI=1S/C7H13N3O3/c1-3-4-9-5-6(10(12)13)7(11)8-2/h5,9H,3-4H2,1-2H3,(H,8,11)/b6-5+. The summed E-state index contributed by atoms with van der Waals surface area (Å²) in [5.74, 6) is -0.700. The number of likely N-dealkylation sites (N-methyl/N-ethyl adjacent to an activating group) is 1. The molecule has 13 heavy (non-hydrogen) atoms. The molecule has 6 nitrogen and oxygen atoms in total. The minimum Gasteiger partial charge on any atom is -0.385 e. The Hall–Kier alpha value is -1.59. The number of nitrogens with zero attached hydrogens (tertiary/aromatic N) is 1. The van der Waals surface area contributed by atoms with E-state index in [1.807, 2.05) is 6.92 Å². The van der Waals surface area contributed by atoms with Crippen LogP contribution < -0.4 is 10.6 Å². The lowest BCUT2D eigenvalue weighted by Crippen LogP contribution is -2.26. The third-order valence-electron chi connectivity index (χ3n) is 1.29. The molecule has 0 aliphatic heterocycles. The minimum absolute atomic E-state index is 0.476. The first-order valence-corrected chi connectivity index (χ1v) is 3.93. The molecule has 6 heteroatoms. The van der Waals surface area contributed by atoms with Crippen LogP contribution in [0.3, 0.4) is 0 Å². The summed E-state index contributed by atoms with van der Waals surface area (Å²) in [6, 6.07) is 0. The van der Waals surface area contributed by atoms with Crippen LogP contribution >= 0.6 is 0 Å². The van der Waals surface area contributed by atoms with E-state index in [1.165, 1.54) is 7.05 Å². The molecule has 0 bridgehead atoms. The average Bonchev–Trinajstić information content (AvgIpc) is 2.11. The zero-order chi connectivity index (χ0) is 10.3. The summed E-state index contributed by atoms with van der Waals surface area (Å²) in [7, 11) is 1.35. The van der Waals surface area contributed by atoms with Gasteiger partial charge in [-0.1, -0.05) is 6.92 Å². The highest BCUT2D eigenvalue weighted by atomic mass is 16.6. The Morgan fingerprint density at radius 3 is 2.62 bits per heavy atom. The summed E-state index contributed by atoms with van der Waals surface area (Å²) in [6.45, 7) is 2.53. The molecule has 0 aliphatic carbocycles. The minimum atomic E-state index is -0.721. The summed E-state index contributed by atoms with van der Waals surface area (Å²) < 4.78 is 0. The number of amides is 1. The molecule has 0 atom stereocenters. The van der Waals surface area contributed by atoms with Gasteiger partial charge < -0.3 is 10.6 Å². The maximum atomic E-state index is 10.9. The van der Waals surface area contributed by atoms with Gasteiger partial charge in [-0.3, -0.25) is 14.9 Å². The lowest BCUT2D eigenvalue weighted by Gasteiger charge is -1.98. The van der Waals surface area contributed by atoms with Gasteiger partial charge in [-0.05, 0) is 6.42 Å². The normalized spacial score (nSPS) is 10.8. The smallest absolute Gasteiger partial charge is 0.348 e. The highest BCUT2D eigenvalue weighted by Crippen LogP contribution is 1.92. The van der Waals surface area contributed by atoms with Crippen LogP contribution in [0.25, 0.3) is 0 Å². The monoisotopic (exact) mass is 187 g/mol. The van der Waals surface area contributed by atoms with Crippen molar-refractivity contribution in [2.24, 2.45) is 0 Å². The number of carbonyl (C=O) groups is 1. The molecule has 0 rings (SSSR count). The number of hydrogen-bond acceptors (Lipinski definition) is 4. The van der Waals surface area contributed by atoms with Crippen LogP contribution in [0.2, 0.25) is 0 Å². The van der Waals surface area contributed by atoms with Crippen molar-refractivity contribution in [1.29, 1.82) is 0 Å². The fourth-order valence-corrected chi connectivity index (χ4v) is 0.642. The van der Waals surface area contributed by atoms with E-state index >= 15 is 0 Å². The van der Waals surface area contributed by atoms with Crippen molar-refractivity contribution in [3.8, 4) is 0 Å². The van der Waals surface area contributed by atoms with E-state index in [1.54, 1.807) is 0 Å². The van der Waals surface area contributed by atoms with Crippen LogP contribution in [0.4, 0.5) is 0 Å². The highest BCUT2D eigenvalue weighted by molar-refractivity contribution is 5.90. The molecule has 0 aromatic heterocycles. The van der Waals surface area contributed by atoms with E-state index in [-0.39, 0.29) is 0 Å². The molecule has 0 aliphatic rings. The van der Waals surface area contributed by atoms with E-state index in [2.05, 4.69) is 10.6 Å². The SMILES string of the molecule is CCCN/C=C(\C(=O)NC)[N+](=O)[O-]. The second-order valence-electron chi connectivity index (χ2n) is 2.32. The average molecular weight is 187 g/mol. The predicted octanol–water partition coefficient (Wildman–Crippen LogP) is -0.150. The quantitative estimate of drug-likeness (QED) is 0.271. The van der Waals surface area contributed by atoms with E-state index in [4.69, 9.17) is 0 Å². The molecule has 0 unspecified atom stereocenters. The van der Waals surface area contributed by atoms with Gasteiger partial charge in [-0.15, -0.1) is 0 Å². The lowest BCUT2D eigenvalue weighted by molar-refractivity contribution is -0.419. The van der Waals surface area contributed by atoms with Gasteiger partial charge in [0.25, 0.3) is 0 Å². The van der Waals surface area contributed by atoms with Gasteiger partial charge in [0.2, 0.25) is 0 Å². The van der Waals surface area contributed by atoms with E-state index in [9.17, 15) is 14.9 Å². The van der Waals surface area contributed by atoms with Crippen molar-refractivity contribution >= 4 is 5.91 Å². The van der Waals surface area contributed by atoms with Crippen LogP contribution in [0.1, 0.15) is 13.3 Å². The van der Waals surface area contributed by atoms with Crippen LogP contribution in [-0.2, 0) is 4.79 Å². The highest BCUT2D eigenvalue weighted by Gasteiger charge is 2.19. The molecule has 1 amide bonds. The van der Waals surface area contributed by atoms with Crippen molar-refractivity contribution < 1.29 is 9.72 Å². The Balaban J connectivity index is 4.32. The van der Waals surface area contributed by atoms with Crippen molar-refractivity contribution in [3.05, 3.63) is 22.0 Å². The number of hydrogen-bond donors (Lipinski definition) is 2. The molecule has 2 N–H and O–H groups in total. The van der Waals surface area contributed by atoms with Gasteiger partial charge in [0.1, 0.15) is 0 Å². The first-order chi connectivity index (χ1) is 6.13. The van der Waals surface area contributed by atoms with Crippen LogP contribution in [-0.4, -0.2) is 24.4 Å². The summed E-state index contributed by atoms with van der Waals surface area (Å²) in [4.78, 5) is 20.5. The van der Waals surface area contributed by atoms with Gasteiger partial charge in [-0.25, -0.2) is 0 Å². The number of nitrogens with one attached hydrogen (secondary N) is 2. The van der Waals surface area contributed by atoms with Crippen LogP contribution in [0, 0.1) is 10.1 Å². The molecule has 0 radical (unpaired) electrons. The Morgan fingerprint density at radius 1 is 1.62 bits per heavy atom. The molecule has 0 aromatic rings. The fourth-order valence-electron chi connectivity index (χ4n) is 0.642. The largest absolute Gasteiger partial charge is 0.385 e. The maximum Gasteiger partial charge on any atom is 0.348 e. The van der Waals surface area contributed by atoms with E-state index in [0.717, 1.165) is 12.6 Å². The zero-order valence-corrected chi connectivity index (χ0v) is 7.66. The third kappa shape index (κ3) is 4.09. The van der Waals surface area contributed by atoms with Crippen LogP contribution in [0.15, 0.2) is 11.9 Å². The van der Waals surface area contributed by atoms with Gasteiger partial charge in [0.15, 0.2) is 0 Å². The molecule has 0 aromatic carbocycles. The molecule has 0 spiro atoms. The zero-order valence-electron chi connectivity index (χ0n) is 7.66. The molecule has 0 saturated carbocycles. The molecule has 0 saturated heterocycles. The Labute approximate surface area is 76.2 Å². The summed E-state index contributed by atoms with van der Waals surface area (Å²) >= 11 is 0. The van der Waals surface area contributed by atoms with Gasteiger partial charge in [0.05, 0.1) is 11.1 Å². The number of carbonyl (C=O) groups excluding carboxylic acids is 1. The van der Waals surface area contributed by atoms with Gasteiger partial charge >= 0.3 is 11.6 Å². The predicted molar refractivity (Wildman–Crippen MR) is 47.4 cm³/mol. The number of rotatable bonds is 5. The lowest BCUT2D eigenvalue weighted by atomic mass is 10.4. The maximum absolute atomic E-state index is 10.9. The first kappa shape index (κ1) is 11.4. The van der Waals surface area contributed by atoms with Crippen molar-refractivity contribution in [3.63, 3.8) is 0 Å². The Morgan fingerprint density at radius 2 is 2.23 bits per heavy atom. The van der Waals surface area contributed by atoms with Crippen molar-refractivity contribution in [2.75, 3.05) is 13.6 Å². The van der Waals surface area contributed by atoms with E-state index in [0.29, 0.717) is 6.54 Å². The summed E-state index contributed by atoms with van der Waals surface area (Å²) in [5.41, 5.74) is -0.476. The van der Waals surface area contributed by atoms with Gasteiger partial charge in [0, 0.05) is 13.6 Å². The second kappa shape index (κ2) is 5.99. The fraction of sp³-hybridized carbons (Fsp3) is 0.571. The summed E-state index contributed by atoms with van der Waals surface area (Å²) in [6.07, 6.45) is 1.96. The first-order valence-electron chi connectivity index (χ1n) is 3.93. The molecular formula is C7H13N3O3. The topological polar surface area (TPSA) is 84.3 Å². The number of nitro groups is 1. The second-order valence-corrected chi connectivity index (χ2v) is 2.32. The van der Waals surface area contributed by atoms with E-state index < -0.39 is 16.5 Å². The van der Waals surface area contributed by atoms with Gasteiger partial charge in [-0.2, -0.15) is 0 Å². The summed E-state index contributed by atoms with van der Waals surface area (Å²) in [5, 5.41) is 15.2. The molecule has 0 heterocycles. The molecular weight excluding hydrogens is 174 g/mol.